The average Bonchev–Trinajstić information content (AvgIpc) is 3.08. The van der Waals surface area contributed by atoms with Crippen LogP contribution in [0.5, 0.6) is 11.5 Å². The van der Waals surface area contributed by atoms with E-state index in [1.54, 1.807) is 37.9 Å². The zero-order valence-electron chi connectivity index (χ0n) is 17.0. The molecule has 0 saturated carbocycles. The Kier molecular flexibility index (Phi) is 5.81. The molecule has 0 aliphatic heterocycles. The van der Waals surface area contributed by atoms with Crippen LogP contribution in [0.4, 0.5) is 0 Å². The molecule has 4 rings (SSSR count). The number of hydrogen-bond acceptors (Lipinski definition) is 4. The zero-order chi connectivity index (χ0) is 21.1. The molecule has 4 aromatic rings. The second kappa shape index (κ2) is 8.67. The summed E-state index contributed by atoms with van der Waals surface area (Å²) in [7, 11) is 1.64. The Hall–Kier alpha value is -3.18. The van der Waals surface area contributed by atoms with Gasteiger partial charge in [0, 0.05) is 33.8 Å². The molecule has 152 valence electrons. The predicted molar refractivity (Wildman–Crippen MR) is 123 cm³/mol. The van der Waals surface area contributed by atoms with Gasteiger partial charge in [0.1, 0.15) is 11.5 Å². The van der Waals surface area contributed by atoms with E-state index < -0.39 is 0 Å². The molecule has 4 nitrogen and oxygen atoms in total. The van der Waals surface area contributed by atoms with Crippen molar-refractivity contribution in [2.24, 2.45) is 0 Å². The first-order chi connectivity index (χ1) is 14.6. The van der Waals surface area contributed by atoms with E-state index in [1.165, 1.54) is 5.56 Å². The van der Waals surface area contributed by atoms with Crippen LogP contribution in [0, 0.1) is 0 Å². The third-order valence-corrected chi connectivity index (χ3v) is 6.10. The number of Topliss-reactive ketones (excluding diaryl/α,β-unsaturated/α-hetero) is 1. The lowest BCUT2D eigenvalue weighted by atomic mass is 10.1. The van der Waals surface area contributed by atoms with Gasteiger partial charge in [0.05, 0.1) is 12.6 Å². The van der Waals surface area contributed by atoms with E-state index in [4.69, 9.17) is 4.74 Å². The van der Waals surface area contributed by atoms with Crippen molar-refractivity contribution < 1.29 is 14.6 Å². The number of thioether (sulfide) groups is 1. The number of rotatable bonds is 7. The Balaban J connectivity index is 1.82. The molecule has 30 heavy (non-hydrogen) atoms. The molecule has 1 N–H and O–H groups in total. The van der Waals surface area contributed by atoms with Crippen molar-refractivity contribution in [1.82, 2.24) is 4.57 Å². The van der Waals surface area contributed by atoms with E-state index in [1.807, 2.05) is 48.5 Å². The minimum atomic E-state index is -0.00632. The standard InChI is InChI=1S/C25H23NO3S/c1-17(27)25-22-14-20(28)10-13-23(22)26(19-8-11-21(29-2)12-9-19)24(25)16-30-15-18-6-4-3-5-7-18/h3-14,28H,15-16H2,1-2H3. The molecule has 0 saturated heterocycles. The lowest BCUT2D eigenvalue weighted by molar-refractivity contribution is 0.101. The van der Waals surface area contributed by atoms with E-state index >= 15 is 0 Å². The molecular weight excluding hydrogens is 394 g/mol. The highest BCUT2D eigenvalue weighted by Crippen LogP contribution is 2.35. The summed E-state index contributed by atoms with van der Waals surface area (Å²) < 4.78 is 7.41. The molecule has 3 aromatic carbocycles. The van der Waals surface area contributed by atoms with Crippen molar-refractivity contribution in [2.45, 2.75) is 18.4 Å². The van der Waals surface area contributed by atoms with E-state index in [-0.39, 0.29) is 11.5 Å². The molecule has 1 aromatic heterocycles. The Labute approximate surface area is 180 Å². The van der Waals surface area contributed by atoms with Gasteiger partial charge in [0.25, 0.3) is 0 Å². The Morgan fingerprint density at radius 2 is 1.73 bits per heavy atom. The first-order valence-electron chi connectivity index (χ1n) is 9.72. The molecule has 0 spiro atoms. The number of nitrogens with zero attached hydrogens (tertiary/aromatic N) is 1. The number of methoxy groups -OCH3 is 1. The molecule has 0 unspecified atom stereocenters. The summed E-state index contributed by atoms with van der Waals surface area (Å²) in [6.07, 6.45) is 0. The maximum absolute atomic E-state index is 12.6. The van der Waals surface area contributed by atoms with Crippen LogP contribution < -0.4 is 4.74 Å². The van der Waals surface area contributed by atoms with Crippen LogP contribution in [0.15, 0.2) is 72.8 Å². The molecule has 0 aliphatic carbocycles. The van der Waals surface area contributed by atoms with Gasteiger partial charge < -0.3 is 14.4 Å². The number of hydrogen-bond donors (Lipinski definition) is 1. The second-order valence-corrected chi connectivity index (χ2v) is 8.08. The van der Waals surface area contributed by atoms with E-state index in [0.717, 1.165) is 33.8 Å². The fourth-order valence-corrected chi connectivity index (χ4v) is 4.72. The molecule has 0 amide bonds. The highest BCUT2D eigenvalue weighted by atomic mass is 32.2. The van der Waals surface area contributed by atoms with Gasteiger partial charge in [0.2, 0.25) is 0 Å². The van der Waals surface area contributed by atoms with Crippen LogP contribution >= 0.6 is 11.8 Å². The maximum atomic E-state index is 12.6. The first-order valence-corrected chi connectivity index (χ1v) is 10.9. The summed E-state index contributed by atoms with van der Waals surface area (Å²) in [6.45, 7) is 1.59. The summed E-state index contributed by atoms with van der Waals surface area (Å²) in [6, 6.07) is 23.3. The molecular formula is C25H23NO3S. The summed E-state index contributed by atoms with van der Waals surface area (Å²) in [5.41, 5.74) is 4.70. The van der Waals surface area contributed by atoms with Gasteiger partial charge in [-0.3, -0.25) is 4.79 Å². The minimum absolute atomic E-state index is 0.00632. The zero-order valence-corrected chi connectivity index (χ0v) is 17.8. The Morgan fingerprint density at radius 1 is 1.00 bits per heavy atom. The highest BCUT2D eigenvalue weighted by Gasteiger charge is 2.21. The topological polar surface area (TPSA) is 51.5 Å². The number of carbonyl (C=O) groups excluding carboxylic acids is 1. The fraction of sp³-hybridized carbons (Fsp3) is 0.160. The Bertz CT molecular complexity index is 1180. The number of phenolic OH excluding ortho intramolecular Hbond substituents is 1. The van der Waals surface area contributed by atoms with Crippen molar-refractivity contribution in [3.8, 4) is 17.2 Å². The normalized spacial score (nSPS) is 11.0. The lowest BCUT2D eigenvalue weighted by Gasteiger charge is -2.13. The molecule has 0 aliphatic rings. The van der Waals surface area contributed by atoms with Gasteiger partial charge in [-0.15, -0.1) is 0 Å². The van der Waals surface area contributed by atoms with E-state index in [2.05, 4.69) is 16.7 Å². The Morgan fingerprint density at radius 3 is 2.40 bits per heavy atom. The van der Waals surface area contributed by atoms with Crippen molar-refractivity contribution in [2.75, 3.05) is 7.11 Å². The largest absolute Gasteiger partial charge is 0.508 e. The number of aromatic hydroxyl groups is 1. The van der Waals surface area contributed by atoms with Crippen molar-refractivity contribution in [3.63, 3.8) is 0 Å². The number of ether oxygens (including phenoxy) is 1. The monoisotopic (exact) mass is 417 g/mol. The number of carbonyl (C=O) groups is 1. The molecule has 1 heterocycles. The van der Waals surface area contributed by atoms with Gasteiger partial charge in [-0.25, -0.2) is 0 Å². The molecule has 5 heteroatoms. The van der Waals surface area contributed by atoms with E-state index in [0.29, 0.717) is 11.3 Å². The van der Waals surface area contributed by atoms with Crippen molar-refractivity contribution in [1.29, 1.82) is 0 Å². The second-order valence-electron chi connectivity index (χ2n) is 7.09. The molecule has 0 fully saturated rings. The smallest absolute Gasteiger partial charge is 0.162 e. The van der Waals surface area contributed by atoms with Gasteiger partial charge in [-0.2, -0.15) is 11.8 Å². The van der Waals surface area contributed by atoms with Crippen LogP contribution in [0.1, 0.15) is 28.5 Å². The quantitative estimate of drug-likeness (QED) is 0.376. The molecule has 0 radical (unpaired) electrons. The fourth-order valence-electron chi connectivity index (χ4n) is 3.73. The number of benzene rings is 3. The predicted octanol–water partition coefficient (Wildman–Crippen LogP) is 5.98. The van der Waals surface area contributed by atoms with Crippen molar-refractivity contribution in [3.05, 3.63) is 89.6 Å². The van der Waals surface area contributed by atoms with Crippen LogP contribution in [0.25, 0.3) is 16.6 Å². The number of phenols is 1. The number of fused-ring (bicyclic) bond motifs is 1. The molecule has 0 atom stereocenters. The summed E-state index contributed by atoms with van der Waals surface area (Å²) in [4.78, 5) is 12.6. The van der Waals surface area contributed by atoms with Gasteiger partial charge in [-0.05, 0) is 55.0 Å². The third-order valence-electron chi connectivity index (χ3n) is 5.08. The maximum Gasteiger partial charge on any atom is 0.162 e. The SMILES string of the molecule is COc1ccc(-n2c(CSCc3ccccc3)c(C(C)=O)c3cc(O)ccc32)cc1. The third kappa shape index (κ3) is 3.94. The first kappa shape index (κ1) is 20.1. The summed E-state index contributed by atoms with van der Waals surface area (Å²) in [5.74, 6) is 2.45. The van der Waals surface area contributed by atoms with Crippen molar-refractivity contribution >= 4 is 28.4 Å². The van der Waals surface area contributed by atoms with Crippen LogP contribution in [-0.2, 0) is 11.5 Å². The lowest BCUT2D eigenvalue weighted by Crippen LogP contribution is -2.04. The summed E-state index contributed by atoms with van der Waals surface area (Å²) >= 11 is 1.77. The molecule has 0 bridgehead atoms. The van der Waals surface area contributed by atoms with Crippen LogP contribution in [0.2, 0.25) is 0 Å². The highest BCUT2D eigenvalue weighted by molar-refractivity contribution is 7.97. The number of ketones is 1. The van der Waals surface area contributed by atoms with Gasteiger partial charge in [0.15, 0.2) is 5.78 Å². The van der Waals surface area contributed by atoms with E-state index in [9.17, 15) is 9.90 Å². The average molecular weight is 418 g/mol. The van der Waals surface area contributed by atoms with Gasteiger partial charge in [-0.1, -0.05) is 30.3 Å². The van der Waals surface area contributed by atoms with Gasteiger partial charge >= 0.3 is 0 Å². The minimum Gasteiger partial charge on any atom is -0.508 e. The number of aromatic nitrogens is 1. The van der Waals surface area contributed by atoms with Crippen LogP contribution in [0.3, 0.4) is 0 Å². The van der Waals surface area contributed by atoms with Crippen LogP contribution in [-0.4, -0.2) is 22.6 Å². The summed E-state index contributed by atoms with van der Waals surface area (Å²) in [5, 5.41) is 10.8.